The summed E-state index contributed by atoms with van der Waals surface area (Å²) >= 11 is 3.25. The summed E-state index contributed by atoms with van der Waals surface area (Å²) in [6, 6.07) is 11.0. The van der Waals surface area contributed by atoms with E-state index in [1.54, 1.807) is 12.3 Å². The average molecular weight is 337 g/mol. The number of benzene rings is 1. The fraction of sp³-hybridized carbons (Fsp3) is 0.143. The van der Waals surface area contributed by atoms with E-state index in [0.29, 0.717) is 15.9 Å². The Balaban J connectivity index is 1.96. The molecule has 1 aromatic carbocycles. The summed E-state index contributed by atoms with van der Waals surface area (Å²) in [5.41, 5.74) is 1.70. The molecule has 0 atom stereocenters. The van der Waals surface area contributed by atoms with Crippen LogP contribution >= 0.6 is 15.9 Å². The normalized spacial score (nSPS) is 10.1. The minimum atomic E-state index is -0.594. The molecule has 0 unspecified atom stereocenters. The van der Waals surface area contributed by atoms with Gasteiger partial charge in [-0.3, -0.25) is 10.3 Å². The van der Waals surface area contributed by atoms with Gasteiger partial charge in [0.05, 0.1) is 18.0 Å². The molecule has 6 heteroatoms. The molecule has 20 heavy (non-hydrogen) atoms. The molecule has 0 bridgehead atoms. The van der Waals surface area contributed by atoms with E-state index in [4.69, 9.17) is 9.84 Å². The van der Waals surface area contributed by atoms with Gasteiger partial charge in [-0.1, -0.05) is 30.3 Å². The molecule has 104 valence electrons. The van der Waals surface area contributed by atoms with Gasteiger partial charge in [0.15, 0.2) is 0 Å². The maximum atomic E-state index is 11.7. The van der Waals surface area contributed by atoms with Crippen LogP contribution in [0, 0.1) is 0 Å². The highest BCUT2D eigenvalue weighted by Crippen LogP contribution is 2.19. The number of amides is 1. The number of halogens is 1. The summed E-state index contributed by atoms with van der Waals surface area (Å²) in [5, 5.41) is 11.7. The first-order chi connectivity index (χ1) is 9.69. The van der Waals surface area contributed by atoms with E-state index in [1.807, 2.05) is 30.3 Å². The third kappa shape index (κ3) is 4.04. The lowest BCUT2D eigenvalue weighted by Gasteiger charge is -2.10. The Hall–Kier alpha value is -1.92. The number of hydrogen-bond donors (Lipinski definition) is 2. The van der Waals surface area contributed by atoms with Crippen molar-refractivity contribution < 1.29 is 14.6 Å². The van der Waals surface area contributed by atoms with Gasteiger partial charge < -0.3 is 9.84 Å². The number of aliphatic hydroxyl groups excluding tert-OH is 1. The van der Waals surface area contributed by atoms with Crippen LogP contribution in [0.2, 0.25) is 0 Å². The number of pyridine rings is 1. The summed E-state index contributed by atoms with van der Waals surface area (Å²) < 4.78 is 5.80. The fourth-order valence-corrected chi connectivity index (χ4v) is 1.90. The van der Waals surface area contributed by atoms with Crippen molar-refractivity contribution in [2.45, 2.75) is 13.2 Å². The largest absolute Gasteiger partial charge is 0.444 e. The Morgan fingerprint density at radius 3 is 2.80 bits per heavy atom. The molecular formula is C14H13BrN2O3. The first-order valence-corrected chi connectivity index (χ1v) is 6.71. The Labute approximate surface area is 124 Å². The minimum absolute atomic E-state index is 0.183. The molecule has 5 nitrogen and oxygen atoms in total. The summed E-state index contributed by atoms with van der Waals surface area (Å²) in [6.07, 6.45) is 0.954. The number of carbonyl (C=O) groups excluding carboxylic acids is 1. The summed E-state index contributed by atoms with van der Waals surface area (Å²) in [4.78, 5) is 15.7. The van der Waals surface area contributed by atoms with E-state index in [1.165, 1.54) is 0 Å². The maximum absolute atomic E-state index is 11.7. The van der Waals surface area contributed by atoms with Crippen LogP contribution in [0.1, 0.15) is 11.3 Å². The van der Waals surface area contributed by atoms with Crippen molar-refractivity contribution in [1.82, 2.24) is 4.98 Å². The number of rotatable bonds is 4. The quantitative estimate of drug-likeness (QED) is 0.899. The van der Waals surface area contributed by atoms with E-state index in [2.05, 4.69) is 26.2 Å². The number of aromatic nitrogens is 1. The summed E-state index contributed by atoms with van der Waals surface area (Å²) in [5.74, 6) is 0. The highest BCUT2D eigenvalue weighted by atomic mass is 79.9. The van der Waals surface area contributed by atoms with E-state index in [9.17, 15) is 4.79 Å². The molecule has 0 aliphatic heterocycles. The van der Waals surface area contributed by atoms with Crippen LogP contribution in [-0.2, 0) is 18.0 Å². The number of ether oxygens (including phenoxy) is 1. The molecule has 0 fully saturated rings. The maximum Gasteiger partial charge on any atom is 0.412 e. The molecule has 2 aromatic rings. The topological polar surface area (TPSA) is 71.5 Å². The van der Waals surface area contributed by atoms with Crippen LogP contribution in [0.5, 0.6) is 0 Å². The van der Waals surface area contributed by atoms with E-state index in [-0.39, 0.29) is 13.2 Å². The molecule has 0 spiro atoms. The van der Waals surface area contributed by atoms with E-state index in [0.717, 1.165) is 5.56 Å². The highest BCUT2D eigenvalue weighted by Gasteiger charge is 2.09. The second-order valence-electron chi connectivity index (χ2n) is 3.99. The van der Waals surface area contributed by atoms with Gasteiger partial charge in [-0.25, -0.2) is 4.79 Å². The lowest BCUT2D eigenvalue weighted by atomic mass is 10.2. The van der Waals surface area contributed by atoms with Gasteiger partial charge >= 0.3 is 6.09 Å². The van der Waals surface area contributed by atoms with Gasteiger partial charge in [0.1, 0.15) is 6.61 Å². The number of anilines is 1. The van der Waals surface area contributed by atoms with Crippen molar-refractivity contribution in [2.75, 3.05) is 5.32 Å². The molecule has 1 heterocycles. The molecule has 1 amide bonds. The average Bonchev–Trinajstić information content (AvgIpc) is 2.46. The zero-order valence-electron chi connectivity index (χ0n) is 10.5. The summed E-state index contributed by atoms with van der Waals surface area (Å²) in [7, 11) is 0. The second-order valence-corrected chi connectivity index (χ2v) is 4.91. The molecule has 0 aliphatic carbocycles. The molecule has 0 aliphatic rings. The Bertz CT molecular complexity index is 590. The van der Waals surface area contributed by atoms with Gasteiger partial charge in [0.25, 0.3) is 0 Å². The van der Waals surface area contributed by atoms with Crippen LogP contribution in [-0.4, -0.2) is 16.2 Å². The van der Waals surface area contributed by atoms with Gasteiger partial charge in [0, 0.05) is 10.7 Å². The van der Waals surface area contributed by atoms with Crippen LogP contribution in [0.15, 0.2) is 47.1 Å². The van der Waals surface area contributed by atoms with Crippen molar-refractivity contribution >= 4 is 27.7 Å². The number of aliphatic hydroxyl groups is 1. The number of nitrogens with zero attached hydrogens (tertiary/aromatic N) is 1. The van der Waals surface area contributed by atoms with Gasteiger partial charge in [-0.05, 0) is 27.6 Å². The van der Waals surface area contributed by atoms with Crippen molar-refractivity contribution in [1.29, 1.82) is 0 Å². The standard InChI is InChI=1S/C14H13BrN2O3/c15-11-6-12(13(8-18)16-7-11)17-14(19)20-9-10-4-2-1-3-5-10/h1-7,18H,8-9H2,(H,17,19). The van der Waals surface area contributed by atoms with Gasteiger partial charge in [0.2, 0.25) is 0 Å². The monoisotopic (exact) mass is 336 g/mol. The molecule has 0 radical (unpaired) electrons. The first-order valence-electron chi connectivity index (χ1n) is 5.92. The number of hydrogen-bond acceptors (Lipinski definition) is 4. The minimum Gasteiger partial charge on any atom is -0.444 e. The molecule has 2 N–H and O–H groups in total. The zero-order valence-corrected chi connectivity index (χ0v) is 12.1. The Morgan fingerprint density at radius 1 is 1.35 bits per heavy atom. The van der Waals surface area contributed by atoms with Gasteiger partial charge in [-0.15, -0.1) is 0 Å². The van der Waals surface area contributed by atoms with Crippen molar-refractivity contribution in [3.8, 4) is 0 Å². The molecule has 2 rings (SSSR count). The lowest BCUT2D eigenvalue weighted by molar-refractivity contribution is 0.155. The van der Waals surface area contributed by atoms with E-state index < -0.39 is 6.09 Å². The second kappa shape index (κ2) is 7.02. The smallest absolute Gasteiger partial charge is 0.412 e. The predicted molar refractivity (Wildman–Crippen MR) is 78.1 cm³/mol. The van der Waals surface area contributed by atoms with Crippen LogP contribution in [0.4, 0.5) is 10.5 Å². The van der Waals surface area contributed by atoms with E-state index >= 15 is 0 Å². The van der Waals surface area contributed by atoms with Crippen molar-refractivity contribution in [3.63, 3.8) is 0 Å². The molecule has 1 aromatic heterocycles. The van der Waals surface area contributed by atoms with Crippen molar-refractivity contribution in [2.24, 2.45) is 0 Å². The third-order valence-corrected chi connectivity index (χ3v) is 2.97. The van der Waals surface area contributed by atoms with Crippen molar-refractivity contribution in [3.05, 3.63) is 58.3 Å². The first kappa shape index (κ1) is 14.5. The molecular weight excluding hydrogens is 324 g/mol. The summed E-state index contributed by atoms with van der Waals surface area (Å²) in [6.45, 7) is -0.0792. The Morgan fingerprint density at radius 2 is 2.10 bits per heavy atom. The molecule has 0 saturated carbocycles. The van der Waals surface area contributed by atoms with Crippen LogP contribution in [0.25, 0.3) is 0 Å². The van der Waals surface area contributed by atoms with Gasteiger partial charge in [-0.2, -0.15) is 0 Å². The van der Waals surface area contributed by atoms with Crippen LogP contribution in [0.3, 0.4) is 0 Å². The number of nitrogens with one attached hydrogen (secondary N) is 1. The lowest BCUT2D eigenvalue weighted by Crippen LogP contribution is -2.15. The van der Waals surface area contributed by atoms with Crippen LogP contribution < -0.4 is 5.32 Å². The Kier molecular flexibility index (Phi) is 5.09. The zero-order chi connectivity index (χ0) is 14.4. The fourth-order valence-electron chi connectivity index (χ4n) is 1.57. The molecule has 0 saturated heterocycles. The number of carbonyl (C=O) groups is 1. The predicted octanol–water partition coefficient (Wildman–Crippen LogP) is 3.09. The SMILES string of the molecule is O=C(Nc1cc(Br)cnc1CO)OCc1ccccc1. The highest BCUT2D eigenvalue weighted by molar-refractivity contribution is 9.10. The third-order valence-electron chi connectivity index (χ3n) is 2.54.